The minimum absolute atomic E-state index is 0.130. The predicted octanol–water partition coefficient (Wildman–Crippen LogP) is 3.07. The Labute approximate surface area is 93.7 Å². The van der Waals surface area contributed by atoms with E-state index in [0.717, 1.165) is 12.8 Å². The Bertz CT molecular complexity index is 380. The van der Waals surface area contributed by atoms with E-state index >= 15 is 0 Å². The first kappa shape index (κ1) is 10.7. The number of hydrogen-bond acceptors (Lipinski definition) is 1. The molecule has 0 aliphatic heterocycles. The molecule has 1 aliphatic rings. The van der Waals surface area contributed by atoms with Crippen LogP contribution >= 0.6 is 11.6 Å². The molecule has 0 radical (unpaired) electrons. The van der Waals surface area contributed by atoms with Crippen LogP contribution in [-0.4, -0.2) is 6.04 Å². The summed E-state index contributed by atoms with van der Waals surface area (Å²) in [6, 6.07) is 4.91. The molecule has 0 saturated heterocycles. The molecule has 1 unspecified atom stereocenters. The van der Waals surface area contributed by atoms with Gasteiger partial charge in [-0.3, -0.25) is 0 Å². The van der Waals surface area contributed by atoms with Gasteiger partial charge in [-0.05, 0) is 31.4 Å². The van der Waals surface area contributed by atoms with Gasteiger partial charge in [0.15, 0.2) is 0 Å². The molecule has 0 aromatic heterocycles. The van der Waals surface area contributed by atoms with Gasteiger partial charge in [-0.1, -0.05) is 29.3 Å². The summed E-state index contributed by atoms with van der Waals surface area (Å²) in [6.07, 6.45) is 4.51. The minimum atomic E-state index is -0.233. The second-order valence-electron chi connectivity index (χ2n) is 3.90. The van der Waals surface area contributed by atoms with Crippen molar-refractivity contribution < 1.29 is 4.39 Å². The molecule has 1 aromatic carbocycles. The number of allylic oxidation sites excluding steroid dienone is 1. The molecule has 0 saturated carbocycles. The smallest absolute Gasteiger partial charge is 0.128 e. The highest BCUT2D eigenvalue weighted by Gasteiger charge is 2.15. The highest BCUT2D eigenvalue weighted by molar-refractivity contribution is 6.31. The molecule has 2 N–H and O–H groups in total. The van der Waals surface area contributed by atoms with E-state index in [1.165, 1.54) is 11.6 Å². The van der Waals surface area contributed by atoms with Gasteiger partial charge in [0.25, 0.3) is 0 Å². The molecule has 0 bridgehead atoms. The molecule has 1 aromatic rings. The maximum Gasteiger partial charge on any atom is 0.128 e. The summed E-state index contributed by atoms with van der Waals surface area (Å²) in [6.45, 7) is 0. The summed E-state index contributed by atoms with van der Waals surface area (Å²) in [5, 5.41) is 0.497. The molecule has 0 amide bonds. The lowest BCUT2D eigenvalue weighted by Gasteiger charge is -2.06. The van der Waals surface area contributed by atoms with Crippen LogP contribution in [0, 0.1) is 5.82 Å². The van der Waals surface area contributed by atoms with Crippen LogP contribution in [-0.2, 0) is 6.42 Å². The third kappa shape index (κ3) is 2.39. The first-order chi connectivity index (χ1) is 7.16. The van der Waals surface area contributed by atoms with Crippen LogP contribution in [0.1, 0.15) is 18.4 Å². The van der Waals surface area contributed by atoms with E-state index in [0.29, 0.717) is 17.0 Å². The Hall–Kier alpha value is -0.860. The number of nitrogens with two attached hydrogens (primary N) is 1. The fourth-order valence-corrected chi connectivity index (χ4v) is 2.13. The Balaban J connectivity index is 2.21. The van der Waals surface area contributed by atoms with Crippen LogP contribution in [0.25, 0.3) is 0 Å². The lowest BCUT2D eigenvalue weighted by Crippen LogP contribution is -2.11. The first-order valence-electron chi connectivity index (χ1n) is 5.05. The average molecular weight is 226 g/mol. The first-order valence-corrected chi connectivity index (χ1v) is 5.42. The second kappa shape index (κ2) is 4.33. The zero-order valence-electron chi connectivity index (χ0n) is 8.34. The van der Waals surface area contributed by atoms with Crippen LogP contribution < -0.4 is 5.73 Å². The number of benzene rings is 1. The molecule has 0 spiro atoms. The van der Waals surface area contributed by atoms with Gasteiger partial charge in [-0.15, -0.1) is 0 Å². The summed E-state index contributed by atoms with van der Waals surface area (Å²) in [5.41, 5.74) is 7.52. The van der Waals surface area contributed by atoms with Gasteiger partial charge in [0.2, 0.25) is 0 Å². The zero-order valence-corrected chi connectivity index (χ0v) is 9.10. The van der Waals surface area contributed by atoms with Gasteiger partial charge in [-0.25, -0.2) is 4.39 Å². The van der Waals surface area contributed by atoms with Crippen molar-refractivity contribution in [3.63, 3.8) is 0 Å². The predicted molar refractivity (Wildman–Crippen MR) is 60.4 cm³/mol. The molecule has 2 rings (SSSR count). The Kier molecular flexibility index (Phi) is 3.08. The number of halogens is 2. The van der Waals surface area contributed by atoms with Crippen LogP contribution in [0.4, 0.5) is 4.39 Å². The van der Waals surface area contributed by atoms with Gasteiger partial charge >= 0.3 is 0 Å². The zero-order chi connectivity index (χ0) is 10.8. The molecule has 1 nitrogen and oxygen atoms in total. The summed E-state index contributed by atoms with van der Waals surface area (Å²) >= 11 is 5.95. The molecule has 80 valence electrons. The van der Waals surface area contributed by atoms with E-state index < -0.39 is 0 Å². The van der Waals surface area contributed by atoms with E-state index in [1.54, 1.807) is 12.1 Å². The molecule has 15 heavy (non-hydrogen) atoms. The molecule has 0 fully saturated rings. The Morgan fingerprint density at radius 3 is 2.87 bits per heavy atom. The monoisotopic (exact) mass is 225 g/mol. The van der Waals surface area contributed by atoms with Crippen LogP contribution in [0.5, 0.6) is 0 Å². The van der Waals surface area contributed by atoms with Crippen molar-refractivity contribution >= 4 is 11.6 Å². The highest BCUT2D eigenvalue weighted by Crippen LogP contribution is 2.26. The standard InChI is InChI=1S/C12H13ClFN/c13-11-2-1-3-12(14)10(11)7-8-4-5-9(15)6-8/h1-3,6,9H,4-5,7,15H2. The van der Waals surface area contributed by atoms with E-state index in [2.05, 4.69) is 0 Å². The fraction of sp³-hybridized carbons (Fsp3) is 0.333. The third-order valence-electron chi connectivity index (χ3n) is 2.71. The minimum Gasteiger partial charge on any atom is -0.324 e. The number of rotatable bonds is 2. The highest BCUT2D eigenvalue weighted by atomic mass is 35.5. The van der Waals surface area contributed by atoms with Gasteiger partial charge in [0.05, 0.1) is 0 Å². The molecule has 1 aliphatic carbocycles. The van der Waals surface area contributed by atoms with Crippen LogP contribution in [0.3, 0.4) is 0 Å². The van der Waals surface area contributed by atoms with Crippen molar-refractivity contribution in [3.05, 3.63) is 46.3 Å². The summed E-state index contributed by atoms with van der Waals surface area (Å²) in [4.78, 5) is 0. The van der Waals surface area contributed by atoms with Crippen molar-refractivity contribution in [3.8, 4) is 0 Å². The molecular weight excluding hydrogens is 213 g/mol. The van der Waals surface area contributed by atoms with Crippen molar-refractivity contribution in [2.45, 2.75) is 25.3 Å². The largest absolute Gasteiger partial charge is 0.324 e. The SMILES string of the molecule is NC1C=C(Cc2c(F)cccc2Cl)CC1. The maximum absolute atomic E-state index is 13.5. The summed E-state index contributed by atoms with van der Waals surface area (Å²) in [5.74, 6) is -0.233. The summed E-state index contributed by atoms with van der Waals surface area (Å²) < 4.78 is 13.5. The normalized spacial score (nSPS) is 20.5. The van der Waals surface area contributed by atoms with Crippen molar-refractivity contribution in [2.75, 3.05) is 0 Å². The van der Waals surface area contributed by atoms with Crippen molar-refractivity contribution in [1.29, 1.82) is 0 Å². The van der Waals surface area contributed by atoms with E-state index in [-0.39, 0.29) is 11.9 Å². The average Bonchev–Trinajstić information content (AvgIpc) is 2.58. The molecule has 3 heteroatoms. The van der Waals surface area contributed by atoms with E-state index in [4.69, 9.17) is 17.3 Å². The van der Waals surface area contributed by atoms with Gasteiger partial charge in [-0.2, -0.15) is 0 Å². The topological polar surface area (TPSA) is 26.0 Å². The van der Waals surface area contributed by atoms with Gasteiger partial charge in [0, 0.05) is 16.6 Å². The molecule has 1 atom stereocenters. The fourth-order valence-electron chi connectivity index (χ4n) is 1.90. The Morgan fingerprint density at radius 2 is 2.27 bits per heavy atom. The number of hydrogen-bond donors (Lipinski definition) is 1. The Morgan fingerprint density at radius 1 is 1.47 bits per heavy atom. The lowest BCUT2D eigenvalue weighted by atomic mass is 10.0. The van der Waals surface area contributed by atoms with Gasteiger partial charge < -0.3 is 5.73 Å². The van der Waals surface area contributed by atoms with E-state index in [9.17, 15) is 4.39 Å². The van der Waals surface area contributed by atoms with Crippen molar-refractivity contribution in [1.82, 2.24) is 0 Å². The molecule has 0 heterocycles. The lowest BCUT2D eigenvalue weighted by molar-refractivity contribution is 0.612. The molecular formula is C12H13ClFN. The van der Waals surface area contributed by atoms with Crippen molar-refractivity contribution in [2.24, 2.45) is 5.73 Å². The maximum atomic E-state index is 13.5. The second-order valence-corrected chi connectivity index (χ2v) is 4.31. The third-order valence-corrected chi connectivity index (χ3v) is 3.07. The summed E-state index contributed by atoms with van der Waals surface area (Å²) in [7, 11) is 0. The quantitative estimate of drug-likeness (QED) is 0.770. The van der Waals surface area contributed by atoms with Crippen LogP contribution in [0.2, 0.25) is 5.02 Å². The van der Waals surface area contributed by atoms with E-state index in [1.807, 2.05) is 6.08 Å². The van der Waals surface area contributed by atoms with Crippen LogP contribution in [0.15, 0.2) is 29.8 Å². The van der Waals surface area contributed by atoms with Gasteiger partial charge in [0.1, 0.15) is 5.82 Å².